The van der Waals surface area contributed by atoms with Crippen LogP contribution in [0.1, 0.15) is 47.2 Å². The van der Waals surface area contributed by atoms with E-state index in [1.165, 1.54) is 28.8 Å². The molecule has 4 heteroatoms. The first kappa shape index (κ1) is 13.2. The van der Waals surface area contributed by atoms with Crippen molar-refractivity contribution in [3.05, 3.63) is 59.2 Å². The lowest BCUT2D eigenvalue weighted by atomic mass is 9.79. The largest absolute Gasteiger partial charge is 0.271 e. The van der Waals surface area contributed by atoms with Gasteiger partial charge in [-0.1, -0.05) is 6.07 Å². The maximum Gasteiger partial charge on any atom is 0.0547 e. The molecule has 0 aromatic carbocycles. The molecule has 104 valence electrons. The lowest BCUT2D eigenvalue weighted by Crippen LogP contribution is -2.35. The highest BCUT2D eigenvalue weighted by molar-refractivity contribution is 5.33. The summed E-state index contributed by atoms with van der Waals surface area (Å²) in [4.78, 5) is 8.78. The molecule has 20 heavy (non-hydrogen) atoms. The van der Waals surface area contributed by atoms with E-state index in [0.717, 1.165) is 12.8 Å². The van der Waals surface area contributed by atoms with Gasteiger partial charge in [-0.15, -0.1) is 0 Å². The van der Waals surface area contributed by atoms with Gasteiger partial charge in [0.2, 0.25) is 0 Å². The molecule has 2 atom stereocenters. The Morgan fingerprint density at radius 1 is 1.35 bits per heavy atom. The van der Waals surface area contributed by atoms with Crippen LogP contribution >= 0.6 is 0 Å². The number of hydrogen-bond acceptors (Lipinski definition) is 4. The third-order valence-electron chi connectivity index (χ3n) is 4.22. The second kappa shape index (κ2) is 5.69. The monoisotopic (exact) mass is 268 g/mol. The third kappa shape index (κ3) is 2.32. The number of nitrogens with one attached hydrogen (secondary N) is 1. The van der Waals surface area contributed by atoms with Crippen LogP contribution in [0.2, 0.25) is 0 Å². The Labute approximate surface area is 119 Å². The summed E-state index contributed by atoms with van der Waals surface area (Å²) in [7, 11) is 0. The minimum Gasteiger partial charge on any atom is -0.271 e. The van der Waals surface area contributed by atoms with Crippen molar-refractivity contribution >= 4 is 0 Å². The SMILES string of the molecule is Cc1cnccc1C(NN)C1CCCc2cccnc21. The lowest BCUT2D eigenvalue weighted by Gasteiger charge is -2.31. The summed E-state index contributed by atoms with van der Waals surface area (Å²) in [6.45, 7) is 2.08. The number of hydrazine groups is 1. The number of fused-ring (bicyclic) bond motifs is 1. The third-order valence-corrected chi connectivity index (χ3v) is 4.22. The number of aryl methyl sites for hydroxylation is 2. The van der Waals surface area contributed by atoms with E-state index in [1.807, 2.05) is 24.7 Å². The van der Waals surface area contributed by atoms with Gasteiger partial charge in [-0.3, -0.25) is 21.2 Å². The molecule has 2 unspecified atom stereocenters. The van der Waals surface area contributed by atoms with Gasteiger partial charge in [-0.2, -0.15) is 0 Å². The Morgan fingerprint density at radius 2 is 2.25 bits per heavy atom. The molecule has 0 fully saturated rings. The van der Waals surface area contributed by atoms with E-state index in [9.17, 15) is 0 Å². The van der Waals surface area contributed by atoms with Crippen LogP contribution in [0, 0.1) is 6.92 Å². The van der Waals surface area contributed by atoms with E-state index < -0.39 is 0 Å². The van der Waals surface area contributed by atoms with Crippen molar-refractivity contribution in [1.82, 2.24) is 15.4 Å². The van der Waals surface area contributed by atoms with Crippen molar-refractivity contribution in [2.24, 2.45) is 5.84 Å². The topological polar surface area (TPSA) is 63.8 Å². The quantitative estimate of drug-likeness (QED) is 0.663. The van der Waals surface area contributed by atoms with Gasteiger partial charge < -0.3 is 0 Å². The van der Waals surface area contributed by atoms with Gasteiger partial charge in [0, 0.05) is 30.2 Å². The van der Waals surface area contributed by atoms with Crippen LogP contribution in [0.5, 0.6) is 0 Å². The molecule has 3 rings (SSSR count). The number of aromatic nitrogens is 2. The predicted octanol–water partition coefficient (Wildman–Crippen LogP) is 2.41. The van der Waals surface area contributed by atoms with E-state index >= 15 is 0 Å². The van der Waals surface area contributed by atoms with Crippen LogP contribution in [0.15, 0.2) is 36.8 Å². The molecule has 1 aliphatic carbocycles. The predicted molar refractivity (Wildman–Crippen MR) is 79.0 cm³/mol. The molecule has 0 aliphatic heterocycles. The summed E-state index contributed by atoms with van der Waals surface area (Å²) < 4.78 is 0. The summed E-state index contributed by atoms with van der Waals surface area (Å²) in [5.41, 5.74) is 7.93. The Balaban J connectivity index is 2.01. The zero-order chi connectivity index (χ0) is 13.9. The molecular formula is C16H20N4. The number of hydrogen-bond donors (Lipinski definition) is 2. The van der Waals surface area contributed by atoms with Crippen molar-refractivity contribution < 1.29 is 0 Å². The van der Waals surface area contributed by atoms with E-state index in [-0.39, 0.29) is 6.04 Å². The Morgan fingerprint density at radius 3 is 3.05 bits per heavy atom. The first-order chi connectivity index (χ1) is 9.81. The fourth-order valence-electron chi connectivity index (χ4n) is 3.23. The van der Waals surface area contributed by atoms with Crippen LogP contribution in [0.25, 0.3) is 0 Å². The average Bonchev–Trinajstić information content (AvgIpc) is 2.50. The summed E-state index contributed by atoms with van der Waals surface area (Å²) in [6.07, 6.45) is 9.01. The molecule has 0 amide bonds. The second-order valence-electron chi connectivity index (χ2n) is 5.42. The number of rotatable bonds is 3. The summed E-state index contributed by atoms with van der Waals surface area (Å²) >= 11 is 0. The van der Waals surface area contributed by atoms with Crippen LogP contribution < -0.4 is 11.3 Å². The van der Waals surface area contributed by atoms with Crippen LogP contribution in [-0.2, 0) is 6.42 Å². The van der Waals surface area contributed by atoms with Crippen molar-refractivity contribution in [2.45, 2.75) is 38.1 Å². The average molecular weight is 268 g/mol. The van der Waals surface area contributed by atoms with Crippen LogP contribution in [0.4, 0.5) is 0 Å². The zero-order valence-corrected chi connectivity index (χ0v) is 11.7. The highest BCUT2D eigenvalue weighted by Gasteiger charge is 2.30. The molecule has 4 nitrogen and oxygen atoms in total. The maximum atomic E-state index is 5.86. The molecule has 0 radical (unpaired) electrons. The van der Waals surface area contributed by atoms with Crippen molar-refractivity contribution in [1.29, 1.82) is 0 Å². The summed E-state index contributed by atoms with van der Waals surface area (Å²) in [5.74, 6) is 6.19. The first-order valence-electron chi connectivity index (χ1n) is 7.11. The lowest BCUT2D eigenvalue weighted by molar-refractivity contribution is 0.398. The van der Waals surface area contributed by atoms with Crippen LogP contribution in [0.3, 0.4) is 0 Å². The van der Waals surface area contributed by atoms with Crippen molar-refractivity contribution in [2.75, 3.05) is 0 Å². The molecular weight excluding hydrogens is 248 g/mol. The molecule has 3 N–H and O–H groups in total. The normalized spacial score (nSPS) is 19.4. The molecule has 0 saturated carbocycles. The molecule has 2 heterocycles. The van der Waals surface area contributed by atoms with Gasteiger partial charge in [0.25, 0.3) is 0 Å². The van der Waals surface area contributed by atoms with Gasteiger partial charge in [-0.05, 0) is 55.0 Å². The van der Waals surface area contributed by atoms with E-state index in [1.54, 1.807) is 0 Å². The standard InChI is InChI=1S/C16H20N4/c1-11-10-18-9-7-13(11)16(20-17)14-6-2-4-12-5-3-8-19-15(12)14/h3,5,7-10,14,16,20H,2,4,6,17H2,1H3. The van der Waals surface area contributed by atoms with E-state index in [4.69, 9.17) is 5.84 Å². The fourth-order valence-corrected chi connectivity index (χ4v) is 3.23. The van der Waals surface area contributed by atoms with E-state index in [2.05, 4.69) is 34.5 Å². The van der Waals surface area contributed by atoms with Crippen molar-refractivity contribution in [3.8, 4) is 0 Å². The van der Waals surface area contributed by atoms with Gasteiger partial charge in [0.05, 0.1) is 6.04 Å². The number of nitrogens with zero attached hydrogens (tertiary/aromatic N) is 2. The minimum atomic E-state index is 0.0898. The Bertz CT molecular complexity index is 597. The molecule has 1 aliphatic rings. The van der Waals surface area contributed by atoms with Crippen LogP contribution in [-0.4, -0.2) is 9.97 Å². The molecule has 0 saturated heterocycles. The Hall–Kier alpha value is -1.78. The fraction of sp³-hybridized carbons (Fsp3) is 0.375. The van der Waals surface area contributed by atoms with Crippen molar-refractivity contribution in [3.63, 3.8) is 0 Å². The smallest absolute Gasteiger partial charge is 0.0547 e. The van der Waals surface area contributed by atoms with Gasteiger partial charge in [0.1, 0.15) is 0 Å². The highest BCUT2D eigenvalue weighted by atomic mass is 15.2. The van der Waals surface area contributed by atoms with Gasteiger partial charge in [0.15, 0.2) is 0 Å². The van der Waals surface area contributed by atoms with Gasteiger partial charge >= 0.3 is 0 Å². The zero-order valence-electron chi connectivity index (χ0n) is 11.7. The highest BCUT2D eigenvalue weighted by Crippen LogP contribution is 2.39. The molecule has 0 spiro atoms. The number of nitrogens with two attached hydrogens (primary N) is 1. The van der Waals surface area contributed by atoms with E-state index in [0.29, 0.717) is 5.92 Å². The Kier molecular flexibility index (Phi) is 3.76. The minimum absolute atomic E-state index is 0.0898. The first-order valence-corrected chi connectivity index (χ1v) is 7.11. The van der Waals surface area contributed by atoms with Gasteiger partial charge in [-0.25, -0.2) is 0 Å². The molecule has 0 bridgehead atoms. The molecule has 2 aromatic rings. The maximum absolute atomic E-state index is 5.86. The molecule has 2 aromatic heterocycles. The summed E-state index contributed by atoms with van der Waals surface area (Å²) in [5, 5.41) is 0. The summed E-state index contributed by atoms with van der Waals surface area (Å²) in [6, 6.07) is 6.34. The second-order valence-corrected chi connectivity index (χ2v) is 5.42. The number of pyridine rings is 2.